The van der Waals surface area contributed by atoms with Crippen molar-refractivity contribution in [3.8, 4) is 0 Å². The van der Waals surface area contributed by atoms with Crippen molar-refractivity contribution in [3.63, 3.8) is 0 Å². The summed E-state index contributed by atoms with van der Waals surface area (Å²) < 4.78 is 0. The van der Waals surface area contributed by atoms with Crippen molar-refractivity contribution in [2.75, 3.05) is 0 Å². The molecule has 2 heteroatoms. The number of hydrogen-bond acceptors (Lipinski definition) is 0. The smallest absolute Gasteiger partial charge is 0.0683 e. The van der Waals surface area contributed by atoms with Gasteiger partial charge in [-0.2, -0.15) is 0 Å². The van der Waals surface area contributed by atoms with E-state index < -0.39 is 0 Å². The van der Waals surface area contributed by atoms with E-state index in [1.54, 1.807) is 0 Å². The molecule has 0 aliphatic carbocycles. The molecular formula is C3H12Cl2. The lowest BCUT2D eigenvalue weighted by molar-refractivity contribution is 1.50. The van der Waals surface area contributed by atoms with E-state index in [-0.39, 0.29) is 32.2 Å². The molecule has 0 saturated heterocycles. The average Bonchev–Trinajstić information content (AvgIpc) is 1.00. The van der Waals surface area contributed by atoms with Gasteiger partial charge in [0, 0.05) is 0 Å². The van der Waals surface area contributed by atoms with Gasteiger partial charge in [0.1, 0.15) is 0 Å². The average molecular weight is 119 g/mol. The van der Waals surface area contributed by atoms with Gasteiger partial charge in [-0.3, -0.25) is 0 Å². The van der Waals surface area contributed by atoms with Crippen molar-refractivity contribution < 1.29 is 0 Å². The predicted molar refractivity (Wildman–Crippen MR) is 32.6 cm³/mol. The Morgan fingerprint density at radius 3 is 0.800 bits per heavy atom. The van der Waals surface area contributed by atoms with Crippen LogP contribution >= 0.6 is 24.8 Å². The topological polar surface area (TPSA) is 0 Å². The number of halogens is 2. The minimum Gasteiger partial charge on any atom is -0.147 e. The van der Waals surface area contributed by atoms with Crippen molar-refractivity contribution >= 4 is 24.8 Å². The van der Waals surface area contributed by atoms with E-state index in [0.717, 1.165) is 0 Å². The summed E-state index contributed by atoms with van der Waals surface area (Å²) in [4.78, 5) is 0. The van der Waals surface area contributed by atoms with Crippen LogP contribution in [-0.4, -0.2) is 0 Å². The maximum atomic E-state index is 2.00. The Morgan fingerprint density at radius 1 is 0.800 bits per heavy atom. The molecule has 0 aromatic heterocycles. The summed E-state index contributed by atoms with van der Waals surface area (Å²) >= 11 is 0. The lowest BCUT2D eigenvalue weighted by Crippen LogP contribution is -0.856. The van der Waals surface area contributed by atoms with E-state index in [0.29, 0.717) is 0 Å². The third-order valence-corrected chi connectivity index (χ3v) is 0. The third kappa shape index (κ3) is 90.6. The molecule has 0 aromatic carbocycles. The molecule has 0 bridgehead atoms. The molecule has 0 nitrogen and oxygen atoms in total. The van der Waals surface area contributed by atoms with Crippen LogP contribution in [0.25, 0.3) is 0 Å². The summed E-state index contributed by atoms with van der Waals surface area (Å²) in [6.45, 7) is 4.00. The highest BCUT2D eigenvalue weighted by Gasteiger charge is 0.932. The molecule has 0 atom stereocenters. The van der Waals surface area contributed by atoms with Gasteiger partial charge in [-0.25, -0.2) is 0 Å². The molecule has 38 valence electrons. The monoisotopic (exact) mass is 118 g/mol. The number of rotatable bonds is 0. The molecule has 0 N–H and O–H groups in total. The Labute approximate surface area is 46.8 Å². The van der Waals surface area contributed by atoms with Crippen molar-refractivity contribution in [3.05, 3.63) is 0 Å². The van der Waals surface area contributed by atoms with Gasteiger partial charge in [-0.1, -0.05) is 21.3 Å². The van der Waals surface area contributed by atoms with E-state index >= 15 is 0 Å². The molecule has 0 rings (SSSR count). The first kappa shape index (κ1) is 46.9. The van der Waals surface area contributed by atoms with Crippen LogP contribution in [0, 0.1) is 0 Å². The van der Waals surface area contributed by atoms with Crippen LogP contribution in [0.5, 0.6) is 0 Å². The summed E-state index contributed by atoms with van der Waals surface area (Å²) in [5.41, 5.74) is 0. The Balaban J connectivity index is -0.00000000167. The standard InChI is InChI=1S/C2H6.CH4.2ClH/c1-2;;;/h1-2H3;1H4;2*1H. The maximum Gasteiger partial charge on any atom is -0.0683 e. The molecule has 5 heavy (non-hydrogen) atoms. The zero-order valence-electron chi connectivity index (χ0n) is 2.82. The highest BCUT2D eigenvalue weighted by atomic mass is 35.5. The fourth-order valence-electron chi connectivity index (χ4n) is 0. The second-order valence-electron chi connectivity index (χ2n) is 0. The maximum absolute atomic E-state index is 2.00. The zero-order valence-corrected chi connectivity index (χ0v) is 4.45. The molecule has 0 radical (unpaired) electrons. The lowest BCUT2D eigenvalue weighted by Gasteiger charge is -1.07. The molecule has 0 aliphatic heterocycles. The molecule has 0 spiro atoms. The summed E-state index contributed by atoms with van der Waals surface area (Å²) in [6, 6.07) is 0. The van der Waals surface area contributed by atoms with Crippen molar-refractivity contribution in [1.82, 2.24) is 0 Å². The van der Waals surface area contributed by atoms with Gasteiger partial charge in [0.2, 0.25) is 0 Å². The minimum atomic E-state index is 0. The molecule has 0 saturated carbocycles. The first-order valence-electron chi connectivity index (χ1n) is 1.00. The zero-order chi connectivity index (χ0) is 2.00. The van der Waals surface area contributed by atoms with Gasteiger partial charge in [-0.15, -0.1) is 24.8 Å². The quantitative estimate of drug-likeness (QED) is 0.459. The van der Waals surface area contributed by atoms with Crippen LogP contribution in [0.2, 0.25) is 0 Å². The summed E-state index contributed by atoms with van der Waals surface area (Å²) in [6.07, 6.45) is 0. The van der Waals surface area contributed by atoms with Crippen LogP contribution in [0.4, 0.5) is 0 Å². The van der Waals surface area contributed by atoms with Gasteiger partial charge >= 0.3 is 0 Å². The number of hydrogen-bond donors (Lipinski definition) is 0. The summed E-state index contributed by atoms with van der Waals surface area (Å²) in [7, 11) is 0. The SMILES string of the molecule is C.CC.Cl.Cl. The molecule has 0 aliphatic rings. The van der Waals surface area contributed by atoms with Crippen molar-refractivity contribution in [2.45, 2.75) is 21.3 Å². The lowest BCUT2D eigenvalue weighted by atomic mass is 11.0. The van der Waals surface area contributed by atoms with Crippen LogP contribution in [0.15, 0.2) is 0 Å². The van der Waals surface area contributed by atoms with E-state index in [4.69, 9.17) is 0 Å². The Hall–Kier alpha value is 0.580. The van der Waals surface area contributed by atoms with Crippen LogP contribution < -0.4 is 0 Å². The van der Waals surface area contributed by atoms with E-state index in [9.17, 15) is 0 Å². The normalized spacial score (nSPS) is 1.20. The van der Waals surface area contributed by atoms with Crippen LogP contribution in [0.3, 0.4) is 0 Å². The van der Waals surface area contributed by atoms with E-state index in [2.05, 4.69) is 0 Å². The molecule has 0 unspecified atom stereocenters. The van der Waals surface area contributed by atoms with Gasteiger partial charge in [-0.05, 0) is 0 Å². The van der Waals surface area contributed by atoms with Gasteiger partial charge < -0.3 is 0 Å². The second kappa shape index (κ2) is 174. The molecule has 0 amide bonds. The molecular weight excluding hydrogens is 107 g/mol. The van der Waals surface area contributed by atoms with Crippen LogP contribution in [0.1, 0.15) is 21.3 Å². The second-order valence-corrected chi connectivity index (χ2v) is 0. The van der Waals surface area contributed by atoms with Gasteiger partial charge in [0.05, 0.1) is 0 Å². The Bertz CT molecular complexity index is 4.85. The highest BCUT2D eigenvalue weighted by molar-refractivity contribution is 5.85. The van der Waals surface area contributed by atoms with Crippen molar-refractivity contribution in [2.24, 2.45) is 0 Å². The fraction of sp³-hybridized carbons (Fsp3) is 1.00. The van der Waals surface area contributed by atoms with Gasteiger partial charge in [0.25, 0.3) is 0 Å². The highest BCUT2D eigenvalue weighted by Crippen LogP contribution is 1.14. The van der Waals surface area contributed by atoms with Crippen molar-refractivity contribution in [1.29, 1.82) is 0 Å². The largest absolute Gasteiger partial charge is 0.147 e. The first-order valence-corrected chi connectivity index (χ1v) is 1.00. The third-order valence-electron chi connectivity index (χ3n) is 0. The first-order chi connectivity index (χ1) is 1.00. The van der Waals surface area contributed by atoms with E-state index in [1.807, 2.05) is 13.8 Å². The Kier molecular flexibility index (Phi) is 1640. The predicted octanol–water partition coefficient (Wildman–Crippen LogP) is 2.51. The molecule has 0 fully saturated rings. The molecule has 0 aromatic rings. The molecule has 0 heterocycles. The summed E-state index contributed by atoms with van der Waals surface area (Å²) in [5, 5.41) is 0. The van der Waals surface area contributed by atoms with Gasteiger partial charge in [0.15, 0.2) is 0 Å². The minimum absolute atomic E-state index is 0. The van der Waals surface area contributed by atoms with Crippen LogP contribution in [-0.2, 0) is 0 Å². The fourth-order valence-corrected chi connectivity index (χ4v) is 0. The van der Waals surface area contributed by atoms with E-state index in [1.165, 1.54) is 0 Å². The summed E-state index contributed by atoms with van der Waals surface area (Å²) in [5.74, 6) is 0. The Morgan fingerprint density at radius 2 is 0.800 bits per heavy atom.